The molecule has 126 valence electrons. The summed E-state index contributed by atoms with van der Waals surface area (Å²) < 4.78 is 28.3. The van der Waals surface area contributed by atoms with Gasteiger partial charge in [0, 0.05) is 18.3 Å². The van der Waals surface area contributed by atoms with Gasteiger partial charge < -0.3 is 10.1 Å². The first-order chi connectivity index (χ1) is 11.5. The average molecular weight is 346 g/mol. The SMILES string of the molecule is CCCOc1ncccc1CNc1ccc(S(N)(=O)=O)cc1C#N. The van der Waals surface area contributed by atoms with Gasteiger partial charge >= 0.3 is 0 Å². The van der Waals surface area contributed by atoms with E-state index in [1.165, 1.54) is 18.2 Å². The summed E-state index contributed by atoms with van der Waals surface area (Å²) in [7, 11) is -3.85. The zero-order valence-electron chi connectivity index (χ0n) is 13.2. The highest BCUT2D eigenvalue weighted by Gasteiger charge is 2.12. The number of hydrogen-bond donors (Lipinski definition) is 2. The molecular weight excluding hydrogens is 328 g/mol. The Labute approximate surface area is 141 Å². The predicted molar refractivity (Wildman–Crippen MR) is 89.9 cm³/mol. The van der Waals surface area contributed by atoms with Crippen molar-refractivity contribution in [3.05, 3.63) is 47.7 Å². The van der Waals surface area contributed by atoms with Gasteiger partial charge in [-0.1, -0.05) is 13.0 Å². The molecule has 0 unspecified atom stereocenters. The Hall–Kier alpha value is -2.63. The van der Waals surface area contributed by atoms with Crippen molar-refractivity contribution in [1.29, 1.82) is 5.26 Å². The fraction of sp³-hybridized carbons (Fsp3) is 0.250. The van der Waals surface area contributed by atoms with Crippen molar-refractivity contribution in [2.45, 2.75) is 24.8 Å². The van der Waals surface area contributed by atoms with Crippen LogP contribution in [0.1, 0.15) is 24.5 Å². The van der Waals surface area contributed by atoms with Crippen LogP contribution < -0.4 is 15.2 Å². The van der Waals surface area contributed by atoms with E-state index >= 15 is 0 Å². The smallest absolute Gasteiger partial charge is 0.238 e. The van der Waals surface area contributed by atoms with Crippen molar-refractivity contribution in [3.63, 3.8) is 0 Å². The average Bonchev–Trinajstić information content (AvgIpc) is 2.57. The summed E-state index contributed by atoms with van der Waals surface area (Å²) in [4.78, 5) is 4.10. The van der Waals surface area contributed by atoms with Crippen molar-refractivity contribution in [2.24, 2.45) is 5.14 Å². The standard InChI is InChI=1S/C16H18N4O3S/c1-2-8-23-16-12(4-3-7-19-16)11-20-15-6-5-14(24(18,21)22)9-13(15)10-17/h3-7,9,20H,2,8,11H2,1H3,(H2,18,21,22). The van der Waals surface area contributed by atoms with Crippen LogP contribution in [0.25, 0.3) is 0 Å². The number of hydrogen-bond acceptors (Lipinski definition) is 6. The third-order valence-corrected chi connectivity index (χ3v) is 4.11. The number of benzene rings is 1. The number of nitriles is 1. The quantitative estimate of drug-likeness (QED) is 0.791. The number of nitrogens with two attached hydrogens (primary N) is 1. The maximum atomic E-state index is 11.4. The highest BCUT2D eigenvalue weighted by molar-refractivity contribution is 7.89. The van der Waals surface area contributed by atoms with Crippen LogP contribution in [0.4, 0.5) is 5.69 Å². The number of nitrogens with zero attached hydrogens (tertiary/aromatic N) is 2. The molecule has 1 heterocycles. The summed E-state index contributed by atoms with van der Waals surface area (Å²) >= 11 is 0. The molecule has 7 nitrogen and oxygen atoms in total. The number of nitrogens with one attached hydrogen (secondary N) is 1. The molecule has 0 spiro atoms. The first-order valence-electron chi connectivity index (χ1n) is 7.33. The lowest BCUT2D eigenvalue weighted by Gasteiger charge is -2.12. The second-order valence-corrected chi connectivity index (χ2v) is 6.60. The number of rotatable bonds is 7. The van der Waals surface area contributed by atoms with Gasteiger partial charge in [-0.05, 0) is 30.7 Å². The van der Waals surface area contributed by atoms with E-state index in [2.05, 4.69) is 10.3 Å². The predicted octanol–water partition coefficient (Wildman–Crippen LogP) is 2.00. The van der Waals surface area contributed by atoms with Crippen LogP contribution in [0.3, 0.4) is 0 Å². The van der Waals surface area contributed by atoms with E-state index in [4.69, 9.17) is 9.88 Å². The number of ether oxygens (including phenoxy) is 1. The molecule has 0 aliphatic rings. The van der Waals surface area contributed by atoms with Gasteiger partial charge in [-0.3, -0.25) is 0 Å². The Morgan fingerprint density at radius 3 is 2.83 bits per heavy atom. The van der Waals surface area contributed by atoms with Gasteiger partial charge in [-0.2, -0.15) is 5.26 Å². The summed E-state index contributed by atoms with van der Waals surface area (Å²) in [5.41, 5.74) is 1.54. The van der Waals surface area contributed by atoms with Gasteiger partial charge in [0.2, 0.25) is 15.9 Å². The zero-order valence-corrected chi connectivity index (χ0v) is 14.0. The van der Waals surface area contributed by atoms with E-state index in [0.717, 1.165) is 12.0 Å². The molecule has 0 aliphatic heterocycles. The summed E-state index contributed by atoms with van der Waals surface area (Å²) in [5.74, 6) is 0.534. The van der Waals surface area contributed by atoms with E-state index in [1.54, 1.807) is 12.3 Å². The molecule has 0 saturated carbocycles. The number of primary sulfonamides is 1. The molecule has 2 rings (SSSR count). The molecule has 2 aromatic rings. The second kappa shape index (κ2) is 7.77. The number of aromatic nitrogens is 1. The van der Waals surface area contributed by atoms with Gasteiger partial charge in [0.1, 0.15) is 6.07 Å². The Bertz CT molecular complexity index is 860. The molecule has 0 radical (unpaired) electrons. The minimum Gasteiger partial charge on any atom is -0.477 e. The molecule has 0 saturated heterocycles. The molecule has 0 atom stereocenters. The molecule has 0 bridgehead atoms. The van der Waals surface area contributed by atoms with Crippen LogP contribution in [-0.4, -0.2) is 20.0 Å². The molecule has 1 aromatic carbocycles. The fourth-order valence-corrected chi connectivity index (χ4v) is 2.56. The van der Waals surface area contributed by atoms with Gasteiger partial charge in [-0.15, -0.1) is 0 Å². The van der Waals surface area contributed by atoms with Crippen LogP contribution in [0, 0.1) is 11.3 Å². The maximum Gasteiger partial charge on any atom is 0.238 e. The minimum absolute atomic E-state index is 0.0991. The summed E-state index contributed by atoms with van der Waals surface area (Å²) in [6, 6.07) is 9.75. The van der Waals surface area contributed by atoms with Crippen molar-refractivity contribution >= 4 is 15.7 Å². The van der Waals surface area contributed by atoms with E-state index in [-0.39, 0.29) is 10.5 Å². The normalized spacial score (nSPS) is 10.9. The van der Waals surface area contributed by atoms with Crippen LogP contribution >= 0.6 is 0 Å². The summed E-state index contributed by atoms with van der Waals surface area (Å²) in [5, 5.41) is 17.4. The number of pyridine rings is 1. The summed E-state index contributed by atoms with van der Waals surface area (Å²) in [6.07, 6.45) is 2.52. The Balaban J connectivity index is 2.20. The van der Waals surface area contributed by atoms with E-state index in [9.17, 15) is 13.7 Å². The minimum atomic E-state index is -3.85. The molecule has 0 aliphatic carbocycles. The van der Waals surface area contributed by atoms with Crippen LogP contribution in [0.5, 0.6) is 5.88 Å². The number of anilines is 1. The van der Waals surface area contributed by atoms with E-state index in [1.807, 2.05) is 19.1 Å². The first kappa shape index (κ1) is 17.7. The highest BCUT2D eigenvalue weighted by Crippen LogP contribution is 2.22. The van der Waals surface area contributed by atoms with Crippen molar-refractivity contribution in [2.75, 3.05) is 11.9 Å². The van der Waals surface area contributed by atoms with Gasteiger partial charge in [0.05, 0.1) is 22.8 Å². The van der Waals surface area contributed by atoms with Gasteiger partial charge in [-0.25, -0.2) is 18.5 Å². The van der Waals surface area contributed by atoms with Crippen molar-refractivity contribution in [1.82, 2.24) is 4.98 Å². The lowest BCUT2D eigenvalue weighted by atomic mass is 10.2. The van der Waals surface area contributed by atoms with Gasteiger partial charge in [0.15, 0.2) is 0 Å². The molecule has 3 N–H and O–H groups in total. The lowest BCUT2D eigenvalue weighted by Crippen LogP contribution is -2.13. The zero-order chi connectivity index (χ0) is 17.6. The lowest BCUT2D eigenvalue weighted by molar-refractivity contribution is 0.302. The summed E-state index contributed by atoms with van der Waals surface area (Å²) in [6.45, 7) is 2.96. The monoisotopic (exact) mass is 346 g/mol. The Morgan fingerprint density at radius 2 is 2.17 bits per heavy atom. The van der Waals surface area contributed by atoms with E-state index in [0.29, 0.717) is 24.7 Å². The highest BCUT2D eigenvalue weighted by atomic mass is 32.2. The third kappa shape index (κ3) is 4.44. The van der Waals surface area contributed by atoms with Crippen molar-refractivity contribution in [3.8, 4) is 11.9 Å². The molecule has 0 amide bonds. The maximum absolute atomic E-state index is 11.4. The van der Waals surface area contributed by atoms with Crippen LogP contribution in [-0.2, 0) is 16.6 Å². The molecule has 24 heavy (non-hydrogen) atoms. The van der Waals surface area contributed by atoms with Crippen LogP contribution in [0.15, 0.2) is 41.4 Å². The van der Waals surface area contributed by atoms with Gasteiger partial charge in [0.25, 0.3) is 0 Å². The Kier molecular flexibility index (Phi) is 5.73. The van der Waals surface area contributed by atoms with Crippen LogP contribution in [0.2, 0.25) is 0 Å². The fourth-order valence-electron chi connectivity index (χ4n) is 2.02. The largest absolute Gasteiger partial charge is 0.477 e. The van der Waals surface area contributed by atoms with E-state index < -0.39 is 10.0 Å². The molecule has 8 heteroatoms. The van der Waals surface area contributed by atoms with Crippen molar-refractivity contribution < 1.29 is 13.2 Å². The first-order valence-corrected chi connectivity index (χ1v) is 8.88. The third-order valence-electron chi connectivity index (χ3n) is 3.20. The molecule has 1 aromatic heterocycles. The molecule has 0 fully saturated rings. The second-order valence-electron chi connectivity index (χ2n) is 5.03. The topological polar surface area (TPSA) is 118 Å². The molecular formula is C16H18N4O3S. The number of sulfonamides is 1. The Morgan fingerprint density at radius 1 is 1.38 bits per heavy atom.